The Bertz CT molecular complexity index is 2110. The second-order valence-electron chi connectivity index (χ2n) is 15.4. The van der Waals surface area contributed by atoms with E-state index in [-0.39, 0.29) is 89.7 Å². The SMILES string of the molecule is COC(=O)N[C@H](C(=O)N1CCC[C@H]1c1nc2ccc(-c3ccc(-c4ccc5nc([C@@H]6CCCN6C(=O)[C@@H](NC(=O)OC)C(C)C)[nH]c5c4)cc3)cc2[nH]1)C(C)C.S.S.S.S. The van der Waals surface area contributed by atoms with Crippen LogP contribution in [0.2, 0.25) is 0 Å². The molecule has 2 fully saturated rings. The molecule has 18 heteroatoms. The predicted octanol–water partition coefficient (Wildman–Crippen LogP) is 7.31. The molecule has 0 saturated carbocycles. The molecule has 2 aromatic heterocycles. The summed E-state index contributed by atoms with van der Waals surface area (Å²) < 4.78 is 9.54. The summed E-state index contributed by atoms with van der Waals surface area (Å²) in [4.78, 5) is 71.6. The van der Waals surface area contributed by atoms with Gasteiger partial charge in [-0.15, -0.1) is 0 Å². The zero-order valence-electron chi connectivity index (χ0n) is 34.7. The van der Waals surface area contributed by atoms with E-state index in [4.69, 9.17) is 19.4 Å². The molecule has 0 aliphatic carbocycles. The number of aromatic amines is 2. The van der Waals surface area contributed by atoms with Crippen LogP contribution in [0.1, 0.15) is 77.1 Å². The lowest BCUT2D eigenvalue weighted by molar-refractivity contribution is -0.136. The number of benzene rings is 3. The van der Waals surface area contributed by atoms with E-state index in [2.05, 4.69) is 69.1 Å². The van der Waals surface area contributed by atoms with Crippen LogP contribution in [0.15, 0.2) is 60.7 Å². The lowest BCUT2D eigenvalue weighted by Gasteiger charge is -2.29. The number of rotatable bonds is 10. The molecule has 3 aromatic carbocycles. The van der Waals surface area contributed by atoms with Crippen LogP contribution in [0, 0.1) is 11.8 Å². The number of alkyl carbamates (subject to hydrolysis) is 2. The maximum atomic E-state index is 13.6. The van der Waals surface area contributed by atoms with Gasteiger partial charge in [-0.05, 0) is 84.0 Å². The molecule has 60 heavy (non-hydrogen) atoms. The lowest BCUT2D eigenvalue weighted by atomic mass is 10.00. The van der Waals surface area contributed by atoms with Crippen molar-refractivity contribution >= 4 is 100 Å². The topological polar surface area (TPSA) is 175 Å². The van der Waals surface area contributed by atoms with E-state index in [0.29, 0.717) is 13.1 Å². The largest absolute Gasteiger partial charge is 0.453 e. The molecule has 5 aromatic rings. The molecule has 0 unspecified atom stereocenters. The van der Waals surface area contributed by atoms with Crippen LogP contribution in [0.4, 0.5) is 9.59 Å². The Balaban J connectivity index is 0.00000240. The number of nitrogens with zero attached hydrogens (tertiary/aromatic N) is 4. The molecular weight excluding hydrogens is 841 g/mol. The van der Waals surface area contributed by atoms with Crippen LogP contribution >= 0.6 is 54.0 Å². The van der Waals surface area contributed by atoms with Gasteiger partial charge in [0.2, 0.25) is 11.8 Å². The summed E-state index contributed by atoms with van der Waals surface area (Å²) in [5.74, 6) is 0.976. The van der Waals surface area contributed by atoms with Crippen LogP contribution in [-0.2, 0) is 19.1 Å². The van der Waals surface area contributed by atoms with Gasteiger partial charge in [-0.25, -0.2) is 19.6 Å². The molecule has 2 saturated heterocycles. The van der Waals surface area contributed by atoms with Crippen molar-refractivity contribution in [3.63, 3.8) is 0 Å². The Morgan fingerprint density at radius 1 is 0.600 bits per heavy atom. The number of H-pyrrole nitrogens is 2. The first-order valence-electron chi connectivity index (χ1n) is 19.4. The number of carbonyl (C=O) groups is 4. The Morgan fingerprint density at radius 3 is 1.28 bits per heavy atom. The van der Waals surface area contributed by atoms with Crippen molar-refractivity contribution in [1.29, 1.82) is 0 Å². The Labute approximate surface area is 378 Å². The van der Waals surface area contributed by atoms with E-state index >= 15 is 0 Å². The van der Waals surface area contributed by atoms with E-state index in [1.54, 1.807) is 0 Å². The number of ether oxygens (including phenoxy) is 2. The minimum Gasteiger partial charge on any atom is -0.453 e. The van der Waals surface area contributed by atoms with Gasteiger partial charge in [0.05, 0.1) is 48.4 Å². The fraction of sp³-hybridized carbons (Fsp3) is 0.429. The van der Waals surface area contributed by atoms with Gasteiger partial charge in [0, 0.05) is 13.1 Å². The second kappa shape index (κ2) is 21.3. The normalized spacial score (nSPS) is 16.9. The molecule has 4 N–H and O–H groups in total. The maximum absolute atomic E-state index is 13.6. The second-order valence-corrected chi connectivity index (χ2v) is 15.4. The van der Waals surface area contributed by atoms with Crippen molar-refractivity contribution in [2.75, 3.05) is 27.3 Å². The monoisotopic (exact) mass is 898 g/mol. The van der Waals surface area contributed by atoms with Crippen LogP contribution in [0.5, 0.6) is 0 Å². The van der Waals surface area contributed by atoms with Crippen molar-refractivity contribution < 1.29 is 28.7 Å². The Kier molecular flexibility index (Phi) is 17.7. The standard InChI is InChI=1S/C42H50N8O6.4H2S/c1-23(2)35(47-41(53)55-5)39(51)49-19-7-9-33(49)37-43-29-17-15-27(21-31(29)45-37)25-11-13-26(14-12-25)28-16-18-30-32(22-28)46-38(44-30)34-10-8-20-50(34)40(52)36(24(3)4)48-42(54)56-6;;;;/h11-18,21-24,33-36H,7-10,19-20H2,1-6H3,(H,43,45)(H,44,46)(H,47,53)(H,48,54);4*1H2/t33-,34-,35-,36-;;;;/m0..../s1. The molecule has 2 aliphatic rings. The van der Waals surface area contributed by atoms with E-state index in [1.807, 2.05) is 49.6 Å². The minimum absolute atomic E-state index is 0. The van der Waals surface area contributed by atoms with Gasteiger partial charge in [-0.1, -0.05) is 64.1 Å². The van der Waals surface area contributed by atoms with Crippen molar-refractivity contribution in [2.24, 2.45) is 11.8 Å². The van der Waals surface area contributed by atoms with Gasteiger partial charge in [0.15, 0.2) is 0 Å². The van der Waals surface area contributed by atoms with Crippen LogP contribution in [0.3, 0.4) is 0 Å². The summed E-state index contributed by atoms with van der Waals surface area (Å²) in [6.07, 6.45) is 2.00. The number of fused-ring (bicyclic) bond motifs is 2. The number of hydrogen-bond donors (Lipinski definition) is 4. The number of aromatic nitrogens is 4. The molecule has 4 amide bonds. The number of imidazole rings is 2. The van der Waals surface area contributed by atoms with Crippen molar-refractivity contribution in [3.8, 4) is 22.3 Å². The molecule has 7 rings (SSSR count). The van der Waals surface area contributed by atoms with Crippen molar-refractivity contribution in [2.45, 2.75) is 77.5 Å². The third kappa shape index (κ3) is 10.3. The van der Waals surface area contributed by atoms with E-state index in [0.717, 1.165) is 81.7 Å². The molecule has 0 bridgehead atoms. The van der Waals surface area contributed by atoms with Gasteiger partial charge in [-0.3, -0.25) is 9.59 Å². The van der Waals surface area contributed by atoms with Crippen LogP contribution < -0.4 is 10.6 Å². The average Bonchev–Trinajstić information content (AvgIpc) is 4.03. The molecule has 0 spiro atoms. The van der Waals surface area contributed by atoms with Crippen LogP contribution in [-0.4, -0.2) is 93.1 Å². The highest BCUT2D eigenvalue weighted by molar-refractivity contribution is 7.59. The molecule has 4 atom stereocenters. The van der Waals surface area contributed by atoms with E-state index in [9.17, 15) is 19.2 Å². The summed E-state index contributed by atoms with van der Waals surface area (Å²) in [5.41, 5.74) is 7.59. The summed E-state index contributed by atoms with van der Waals surface area (Å²) in [6.45, 7) is 8.80. The zero-order chi connectivity index (χ0) is 39.7. The van der Waals surface area contributed by atoms with Crippen molar-refractivity contribution in [1.82, 2.24) is 40.4 Å². The molecular formula is C42H58N8O6S4. The van der Waals surface area contributed by atoms with E-state index < -0.39 is 24.3 Å². The first-order valence-corrected chi connectivity index (χ1v) is 19.4. The number of likely N-dealkylation sites (tertiary alicyclic amines) is 2. The molecule has 14 nitrogen and oxygen atoms in total. The Morgan fingerprint density at radius 2 is 0.950 bits per heavy atom. The highest BCUT2D eigenvalue weighted by Gasteiger charge is 2.39. The summed E-state index contributed by atoms with van der Waals surface area (Å²) in [7, 11) is 2.58. The fourth-order valence-corrected chi connectivity index (χ4v) is 7.97. The van der Waals surface area contributed by atoms with Gasteiger partial charge >= 0.3 is 12.2 Å². The lowest BCUT2D eigenvalue weighted by Crippen LogP contribution is -2.51. The maximum Gasteiger partial charge on any atom is 0.407 e. The number of hydrogen-bond acceptors (Lipinski definition) is 8. The van der Waals surface area contributed by atoms with Crippen molar-refractivity contribution in [3.05, 3.63) is 72.3 Å². The van der Waals surface area contributed by atoms with E-state index in [1.165, 1.54) is 14.2 Å². The molecule has 0 radical (unpaired) electrons. The van der Waals surface area contributed by atoms with Crippen LogP contribution in [0.25, 0.3) is 44.3 Å². The fourth-order valence-electron chi connectivity index (χ4n) is 7.97. The Hall–Kier alpha value is -4.52. The molecule has 2 aliphatic heterocycles. The smallest absolute Gasteiger partial charge is 0.407 e. The minimum atomic E-state index is -0.692. The highest BCUT2D eigenvalue weighted by atomic mass is 32.1. The molecule has 4 heterocycles. The summed E-state index contributed by atoms with van der Waals surface area (Å²) >= 11 is 0. The number of methoxy groups -OCH3 is 2. The predicted molar refractivity (Wildman–Crippen MR) is 254 cm³/mol. The number of nitrogens with one attached hydrogen (secondary N) is 4. The third-order valence-corrected chi connectivity index (χ3v) is 11.0. The zero-order valence-corrected chi connectivity index (χ0v) is 38.7. The van der Waals surface area contributed by atoms with Gasteiger partial charge in [0.25, 0.3) is 0 Å². The van der Waals surface area contributed by atoms with Gasteiger partial charge in [-0.2, -0.15) is 54.0 Å². The third-order valence-electron chi connectivity index (χ3n) is 11.0. The average molecular weight is 899 g/mol. The quantitative estimate of drug-likeness (QED) is 0.113. The van der Waals surface area contributed by atoms with Gasteiger partial charge < -0.3 is 39.9 Å². The van der Waals surface area contributed by atoms with Gasteiger partial charge in [0.1, 0.15) is 23.7 Å². The summed E-state index contributed by atoms with van der Waals surface area (Å²) in [6, 6.07) is 18.9. The molecule has 326 valence electrons. The summed E-state index contributed by atoms with van der Waals surface area (Å²) in [5, 5.41) is 5.41. The highest BCUT2D eigenvalue weighted by Crippen LogP contribution is 2.36. The number of carbonyl (C=O) groups excluding carboxylic acids is 4. The first kappa shape index (κ1) is 49.8. The number of amides is 4. The first-order chi connectivity index (χ1) is 26.9.